The highest BCUT2D eigenvalue weighted by atomic mass is 16.6. The number of allylic oxidation sites excluding steroid dienone is 16. The fourth-order valence-corrected chi connectivity index (χ4v) is 6.74. The van der Waals surface area contributed by atoms with E-state index in [0.717, 1.165) is 103 Å². The van der Waals surface area contributed by atoms with Crippen molar-refractivity contribution in [3.05, 3.63) is 97.2 Å². The summed E-state index contributed by atoms with van der Waals surface area (Å²) in [4.78, 5) is 37.9. The zero-order valence-corrected chi connectivity index (χ0v) is 40.8. The number of carbonyl (C=O) groups excluding carboxylic acids is 3. The van der Waals surface area contributed by atoms with Crippen molar-refractivity contribution in [2.24, 2.45) is 0 Å². The van der Waals surface area contributed by atoms with E-state index in [1.165, 1.54) is 70.6 Å². The first-order chi connectivity index (χ1) is 31.0. The summed E-state index contributed by atoms with van der Waals surface area (Å²) in [7, 11) is 0. The summed E-state index contributed by atoms with van der Waals surface area (Å²) in [6.45, 7) is 6.32. The molecular weight excluding hydrogens is 781 g/mol. The van der Waals surface area contributed by atoms with E-state index in [1.54, 1.807) is 0 Å². The van der Waals surface area contributed by atoms with Crippen molar-refractivity contribution in [3.63, 3.8) is 0 Å². The molecule has 0 aromatic heterocycles. The Kier molecular flexibility index (Phi) is 48.0. The van der Waals surface area contributed by atoms with E-state index in [1.807, 2.05) is 0 Å². The Morgan fingerprint density at radius 3 is 1.06 bits per heavy atom. The summed E-state index contributed by atoms with van der Waals surface area (Å²) in [5.41, 5.74) is 0. The lowest BCUT2D eigenvalue weighted by Gasteiger charge is -2.18. The Bertz CT molecular complexity index is 1280. The van der Waals surface area contributed by atoms with Gasteiger partial charge in [0.2, 0.25) is 0 Å². The zero-order chi connectivity index (χ0) is 45.8. The lowest BCUT2D eigenvalue weighted by atomic mass is 10.1. The zero-order valence-electron chi connectivity index (χ0n) is 40.8. The molecule has 0 bridgehead atoms. The summed E-state index contributed by atoms with van der Waals surface area (Å²) in [6, 6.07) is 0. The predicted molar refractivity (Wildman–Crippen MR) is 270 cm³/mol. The minimum atomic E-state index is -0.818. The molecule has 0 aromatic rings. The smallest absolute Gasteiger partial charge is 0.306 e. The topological polar surface area (TPSA) is 78.9 Å². The van der Waals surface area contributed by atoms with Gasteiger partial charge < -0.3 is 14.2 Å². The van der Waals surface area contributed by atoms with Gasteiger partial charge in [0.15, 0.2) is 6.10 Å². The van der Waals surface area contributed by atoms with Gasteiger partial charge in [-0.3, -0.25) is 14.4 Å². The van der Waals surface area contributed by atoms with Gasteiger partial charge in [0, 0.05) is 19.3 Å². The highest BCUT2D eigenvalue weighted by Gasteiger charge is 2.19. The SMILES string of the molecule is CC/C=C\C/C=C\C/C=C\C/C=C\CCCCCC(=O)OC(COC(=O)CCC/C=C\C/C=C\C/C=C\CC)COC(=O)CCCCCCC/C=C\CCCCCCCCCCC. The maximum atomic E-state index is 12.8. The van der Waals surface area contributed by atoms with Crippen molar-refractivity contribution in [1.29, 1.82) is 0 Å². The van der Waals surface area contributed by atoms with Gasteiger partial charge in [-0.1, -0.05) is 195 Å². The first-order valence-electron chi connectivity index (χ1n) is 25.7. The Labute approximate surface area is 387 Å². The van der Waals surface area contributed by atoms with Crippen LogP contribution < -0.4 is 0 Å². The fraction of sp³-hybridized carbons (Fsp3) is 0.667. The van der Waals surface area contributed by atoms with Crippen molar-refractivity contribution < 1.29 is 28.6 Å². The predicted octanol–water partition coefficient (Wildman–Crippen LogP) is 17.0. The summed E-state index contributed by atoms with van der Waals surface area (Å²) in [6.07, 6.45) is 66.9. The molecule has 0 rings (SSSR count). The molecule has 0 saturated carbocycles. The molecule has 6 nitrogen and oxygen atoms in total. The van der Waals surface area contributed by atoms with Crippen molar-refractivity contribution in [1.82, 2.24) is 0 Å². The second-order valence-electron chi connectivity index (χ2n) is 16.7. The van der Waals surface area contributed by atoms with Crippen molar-refractivity contribution in [2.45, 2.75) is 232 Å². The Balaban J connectivity index is 4.47. The van der Waals surface area contributed by atoms with Crippen LogP contribution in [0.5, 0.6) is 0 Å². The van der Waals surface area contributed by atoms with Crippen LogP contribution in [-0.4, -0.2) is 37.2 Å². The van der Waals surface area contributed by atoms with Crippen LogP contribution in [-0.2, 0) is 28.6 Å². The molecule has 6 heteroatoms. The van der Waals surface area contributed by atoms with Gasteiger partial charge in [-0.15, -0.1) is 0 Å². The van der Waals surface area contributed by atoms with Gasteiger partial charge in [-0.05, 0) is 109 Å². The van der Waals surface area contributed by atoms with Crippen molar-refractivity contribution in [3.8, 4) is 0 Å². The standard InChI is InChI=1S/C57H94O6/c1-4-7-10-13-16-19-22-24-26-28-29-31-32-35-38-41-44-47-50-56(59)62-53-54(52-61-55(58)49-46-43-40-37-34-21-18-15-12-9-6-3)63-57(60)51-48-45-42-39-36-33-30-27-25-23-20-17-14-11-8-5-2/h8-9,11-12,17-18,20-21,25,27,29,31,33,36-37,40,54H,4-7,10,13-16,19,22-24,26,28,30,32,34-35,38-39,41-53H2,1-3H3/b11-8-,12-9-,20-17-,21-18-,27-25-,31-29-,36-33-,40-37-. The van der Waals surface area contributed by atoms with Crippen LogP contribution >= 0.6 is 0 Å². The third-order valence-electron chi connectivity index (χ3n) is 10.6. The molecule has 0 spiro atoms. The lowest BCUT2D eigenvalue weighted by molar-refractivity contribution is -0.167. The molecule has 0 fully saturated rings. The van der Waals surface area contributed by atoms with E-state index in [-0.39, 0.29) is 44.0 Å². The first-order valence-corrected chi connectivity index (χ1v) is 25.7. The van der Waals surface area contributed by atoms with Crippen molar-refractivity contribution >= 4 is 17.9 Å². The summed E-state index contributed by atoms with van der Waals surface area (Å²) in [5, 5.41) is 0. The third-order valence-corrected chi connectivity index (χ3v) is 10.6. The largest absolute Gasteiger partial charge is 0.462 e. The number of esters is 3. The van der Waals surface area contributed by atoms with Crippen LogP contribution in [0.15, 0.2) is 97.2 Å². The van der Waals surface area contributed by atoms with E-state index in [4.69, 9.17) is 14.2 Å². The number of ether oxygens (including phenoxy) is 3. The van der Waals surface area contributed by atoms with Gasteiger partial charge in [0.05, 0.1) is 0 Å². The van der Waals surface area contributed by atoms with E-state index in [2.05, 4.69) is 118 Å². The van der Waals surface area contributed by atoms with Gasteiger partial charge in [0.25, 0.3) is 0 Å². The normalized spacial score (nSPS) is 12.9. The van der Waals surface area contributed by atoms with Gasteiger partial charge in [0.1, 0.15) is 13.2 Å². The Morgan fingerprint density at radius 2 is 0.635 bits per heavy atom. The molecule has 0 aliphatic heterocycles. The molecule has 0 aromatic carbocycles. The van der Waals surface area contributed by atoms with E-state index in [0.29, 0.717) is 19.3 Å². The monoisotopic (exact) mass is 875 g/mol. The highest BCUT2D eigenvalue weighted by Crippen LogP contribution is 2.13. The van der Waals surface area contributed by atoms with Crippen molar-refractivity contribution in [2.75, 3.05) is 13.2 Å². The lowest BCUT2D eigenvalue weighted by Crippen LogP contribution is -2.30. The average Bonchev–Trinajstić information content (AvgIpc) is 3.28. The molecule has 0 N–H and O–H groups in total. The first kappa shape index (κ1) is 59.3. The molecule has 0 heterocycles. The van der Waals surface area contributed by atoms with Crippen LogP contribution in [0.1, 0.15) is 226 Å². The summed E-state index contributed by atoms with van der Waals surface area (Å²) in [5.74, 6) is -1.01. The van der Waals surface area contributed by atoms with E-state index >= 15 is 0 Å². The van der Waals surface area contributed by atoms with Gasteiger partial charge in [-0.2, -0.15) is 0 Å². The minimum Gasteiger partial charge on any atom is -0.462 e. The van der Waals surface area contributed by atoms with E-state index in [9.17, 15) is 14.4 Å². The maximum Gasteiger partial charge on any atom is 0.306 e. The number of hydrogen-bond donors (Lipinski definition) is 0. The second kappa shape index (κ2) is 51.0. The van der Waals surface area contributed by atoms with Crippen LogP contribution in [0.2, 0.25) is 0 Å². The molecule has 0 aliphatic carbocycles. The minimum absolute atomic E-state index is 0.112. The molecule has 63 heavy (non-hydrogen) atoms. The van der Waals surface area contributed by atoms with Gasteiger partial charge >= 0.3 is 17.9 Å². The quantitative estimate of drug-likeness (QED) is 0.0262. The van der Waals surface area contributed by atoms with Crippen LogP contribution in [0.4, 0.5) is 0 Å². The Morgan fingerprint density at radius 1 is 0.333 bits per heavy atom. The highest BCUT2D eigenvalue weighted by molar-refractivity contribution is 5.71. The third kappa shape index (κ3) is 49.2. The molecule has 0 radical (unpaired) electrons. The number of hydrogen-bond acceptors (Lipinski definition) is 6. The fourth-order valence-electron chi connectivity index (χ4n) is 6.74. The summed E-state index contributed by atoms with van der Waals surface area (Å²) < 4.78 is 16.7. The molecule has 358 valence electrons. The average molecular weight is 875 g/mol. The number of rotatable bonds is 45. The van der Waals surface area contributed by atoms with Crippen LogP contribution in [0.3, 0.4) is 0 Å². The Hall–Kier alpha value is -3.67. The molecular formula is C57H94O6. The molecule has 0 saturated heterocycles. The number of carbonyl (C=O) groups is 3. The van der Waals surface area contributed by atoms with E-state index < -0.39 is 6.10 Å². The van der Waals surface area contributed by atoms with Gasteiger partial charge in [-0.25, -0.2) is 0 Å². The summed E-state index contributed by atoms with van der Waals surface area (Å²) >= 11 is 0. The van der Waals surface area contributed by atoms with Crippen LogP contribution in [0.25, 0.3) is 0 Å². The molecule has 1 atom stereocenters. The maximum absolute atomic E-state index is 12.8. The number of unbranched alkanes of at least 4 members (excludes halogenated alkanes) is 18. The molecule has 0 amide bonds. The second-order valence-corrected chi connectivity index (χ2v) is 16.7. The van der Waals surface area contributed by atoms with Crippen LogP contribution in [0, 0.1) is 0 Å². The molecule has 1 unspecified atom stereocenters. The molecule has 0 aliphatic rings.